The van der Waals surface area contributed by atoms with Crippen LogP contribution in [-0.2, 0) is 9.53 Å². The van der Waals surface area contributed by atoms with Crippen LogP contribution in [0.1, 0.15) is 19.8 Å². The summed E-state index contributed by atoms with van der Waals surface area (Å²) < 4.78 is 5.06. The number of ether oxygens (including phenoxy) is 1. The van der Waals surface area contributed by atoms with E-state index in [1.54, 1.807) is 12.0 Å². The zero-order valence-corrected chi connectivity index (χ0v) is 12.3. The highest BCUT2D eigenvalue weighted by atomic mass is 16.5. The maximum Gasteiger partial charge on any atom is 0.317 e. The van der Waals surface area contributed by atoms with E-state index in [1.807, 2.05) is 11.8 Å². The Morgan fingerprint density at radius 3 is 2.65 bits per heavy atom. The zero-order valence-electron chi connectivity index (χ0n) is 12.3. The van der Waals surface area contributed by atoms with Crippen LogP contribution in [0.4, 0.5) is 4.79 Å². The van der Waals surface area contributed by atoms with Crippen LogP contribution >= 0.6 is 0 Å². The Morgan fingerprint density at radius 2 is 2.05 bits per heavy atom. The lowest BCUT2D eigenvalue weighted by atomic mass is 10.2. The number of urea groups is 1. The number of carbonyl (C=O) groups excluding carboxylic acids is 1. The van der Waals surface area contributed by atoms with Crippen molar-refractivity contribution in [3.8, 4) is 0 Å². The van der Waals surface area contributed by atoms with Gasteiger partial charge in [0.1, 0.15) is 0 Å². The molecular formula is C13H25N3O4. The lowest BCUT2D eigenvalue weighted by molar-refractivity contribution is -0.138. The van der Waals surface area contributed by atoms with Gasteiger partial charge in [-0.15, -0.1) is 0 Å². The molecule has 7 nitrogen and oxygen atoms in total. The fourth-order valence-corrected chi connectivity index (χ4v) is 2.25. The largest absolute Gasteiger partial charge is 0.480 e. The van der Waals surface area contributed by atoms with Gasteiger partial charge in [0.15, 0.2) is 0 Å². The summed E-state index contributed by atoms with van der Waals surface area (Å²) in [7, 11) is 1.62. The number of methoxy groups -OCH3 is 1. The van der Waals surface area contributed by atoms with Crippen molar-refractivity contribution in [1.82, 2.24) is 15.1 Å². The predicted octanol–water partition coefficient (Wildman–Crippen LogP) is 0.213. The molecule has 1 rings (SSSR count). The Hall–Kier alpha value is -1.34. The molecule has 1 fully saturated rings. The first-order chi connectivity index (χ1) is 9.56. The molecule has 7 heteroatoms. The van der Waals surface area contributed by atoms with Crippen LogP contribution in [0.3, 0.4) is 0 Å². The number of nitrogens with one attached hydrogen (secondary N) is 1. The van der Waals surface area contributed by atoms with Gasteiger partial charge in [-0.2, -0.15) is 0 Å². The van der Waals surface area contributed by atoms with Crippen molar-refractivity contribution < 1.29 is 19.4 Å². The summed E-state index contributed by atoms with van der Waals surface area (Å²) in [6, 6.07) is -0.0723. The van der Waals surface area contributed by atoms with Crippen LogP contribution in [0.15, 0.2) is 0 Å². The van der Waals surface area contributed by atoms with Gasteiger partial charge in [0.2, 0.25) is 0 Å². The molecule has 0 saturated carbocycles. The highest BCUT2D eigenvalue weighted by Gasteiger charge is 2.21. The number of nitrogens with zero attached hydrogens (tertiary/aromatic N) is 2. The van der Waals surface area contributed by atoms with Crippen LogP contribution in [0, 0.1) is 0 Å². The highest BCUT2D eigenvalue weighted by molar-refractivity contribution is 5.74. The summed E-state index contributed by atoms with van der Waals surface area (Å²) in [6.07, 6.45) is 1.61. The minimum Gasteiger partial charge on any atom is -0.480 e. The summed E-state index contributed by atoms with van der Waals surface area (Å²) in [5.74, 6) is -0.825. The molecule has 2 amide bonds. The average molecular weight is 287 g/mol. The van der Waals surface area contributed by atoms with Crippen molar-refractivity contribution in [2.75, 3.05) is 46.4 Å². The molecule has 1 aliphatic rings. The van der Waals surface area contributed by atoms with Gasteiger partial charge in [-0.05, 0) is 12.8 Å². The minimum absolute atomic E-state index is 0.0193. The van der Waals surface area contributed by atoms with Gasteiger partial charge in [-0.3, -0.25) is 9.69 Å². The first-order valence-electron chi connectivity index (χ1n) is 7.05. The first kappa shape index (κ1) is 16.7. The van der Waals surface area contributed by atoms with Crippen molar-refractivity contribution in [1.29, 1.82) is 0 Å². The number of hydrogen-bond donors (Lipinski definition) is 2. The number of amides is 2. The van der Waals surface area contributed by atoms with Crippen molar-refractivity contribution in [3.05, 3.63) is 0 Å². The minimum atomic E-state index is -0.825. The van der Waals surface area contributed by atoms with E-state index < -0.39 is 5.97 Å². The fourth-order valence-electron chi connectivity index (χ4n) is 2.25. The Balaban J connectivity index is 2.43. The van der Waals surface area contributed by atoms with Crippen LogP contribution in [0.25, 0.3) is 0 Å². The second-order valence-corrected chi connectivity index (χ2v) is 5.02. The lowest BCUT2D eigenvalue weighted by Gasteiger charge is -2.24. The van der Waals surface area contributed by atoms with E-state index in [9.17, 15) is 9.59 Å². The van der Waals surface area contributed by atoms with Gasteiger partial charge in [0, 0.05) is 33.3 Å². The highest BCUT2D eigenvalue weighted by Crippen LogP contribution is 2.04. The molecule has 1 unspecified atom stereocenters. The van der Waals surface area contributed by atoms with E-state index in [4.69, 9.17) is 9.84 Å². The van der Waals surface area contributed by atoms with Gasteiger partial charge in [0.05, 0.1) is 19.2 Å². The molecule has 0 spiro atoms. The smallest absolute Gasteiger partial charge is 0.317 e. The third-order valence-corrected chi connectivity index (χ3v) is 3.42. The van der Waals surface area contributed by atoms with Crippen molar-refractivity contribution >= 4 is 12.0 Å². The quantitative estimate of drug-likeness (QED) is 0.730. The van der Waals surface area contributed by atoms with Crippen molar-refractivity contribution in [3.63, 3.8) is 0 Å². The Morgan fingerprint density at radius 1 is 1.30 bits per heavy atom. The molecule has 0 bridgehead atoms. The van der Waals surface area contributed by atoms with E-state index in [-0.39, 0.29) is 18.6 Å². The van der Waals surface area contributed by atoms with E-state index in [2.05, 4.69) is 5.32 Å². The topological polar surface area (TPSA) is 82.1 Å². The van der Waals surface area contributed by atoms with E-state index >= 15 is 0 Å². The summed E-state index contributed by atoms with van der Waals surface area (Å²) in [4.78, 5) is 26.5. The van der Waals surface area contributed by atoms with Crippen molar-refractivity contribution in [2.45, 2.75) is 25.8 Å². The van der Waals surface area contributed by atoms with E-state index in [1.165, 1.54) is 0 Å². The maximum atomic E-state index is 12.1. The fraction of sp³-hybridized carbons (Fsp3) is 0.846. The third kappa shape index (κ3) is 5.75. The second kappa shape index (κ2) is 8.76. The number of rotatable bonds is 6. The SMILES string of the molecule is CCC(COC)NC(=O)N1CCCN(CC(=O)O)CC1. The monoisotopic (exact) mass is 287 g/mol. The average Bonchev–Trinajstić information content (AvgIpc) is 2.63. The molecular weight excluding hydrogens is 262 g/mol. The Labute approximate surface area is 119 Å². The van der Waals surface area contributed by atoms with Gasteiger partial charge >= 0.3 is 12.0 Å². The summed E-state index contributed by atoms with van der Waals surface area (Å²) >= 11 is 0. The van der Waals surface area contributed by atoms with Crippen LogP contribution < -0.4 is 5.32 Å². The molecule has 116 valence electrons. The lowest BCUT2D eigenvalue weighted by Crippen LogP contribution is -2.47. The van der Waals surface area contributed by atoms with Crippen LogP contribution in [0.5, 0.6) is 0 Å². The standard InChI is InChI=1S/C13H25N3O4/c1-3-11(10-20-2)14-13(19)16-6-4-5-15(7-8-16)9-12(17)18/h11H,3-10H2,1-2H3,(H,14,19)(H,17,18). The molecule has 0 aromatic heterocycles. The number of carboxylic acid groups (broad SMARTS) is 1. The van der Waals surface area contributed by atoms with E-state index in [0.717, 1.165) is 12.8 Å². The number of aliphatic carboxylic acids is 1. The summed E-state index contributed by atoms with van der Waals surface area (Å²) in [6.45, 7) is 5.07. The summed E-state index contributed by atoms with van der Waals surface area (Å²) in [5.41, 5.74) is 0. The van der Waals surface area contributed by atoms with Crippen LogP contribution in [-0.4, -0.2) is 79.4 Å². The molecule has 20 heavy (non-hydrogen) atoms. The normalized spacial score (nSPS) is 18.4. The van der Waals surface area contributed by atoms with E-state index in [0.29, 0.717) is 32.8 Å². The van der Waals surface area contributed by atoms with Gasteiger partial charge in [-0.25, -0.2) is 4.79 Å². The van der Waals surface area contributed by atoms with Gasteiger partial charge in [0.25, 0.3) is 0 Å². The molecule has 0 aliphatic carbocycles. The molecule has 1 heterocycles. The summed E-state index contributed by atoms with van der Waals surface area (Å²) in [5, 5.41) is 11.7. The zero-order chi connectivity index (χ0) is 15.0. The van der Waals surface area contributed by atoms with Gasteiger partial charge in [-0.1, -0.05) is 6.92 Å². The molecule has 2 N–H and O–H groups in total. The van der Waals surface area contributed by atoms with Crippen molar-refractivity contribution in [2.24, 2.45) is 0 Å². The second-order valence-electron chi connectivity index (χ2n) is 5.02. The molecule has 1 saturated heterocycles. The number of carboxylic acids is 1. The first-order valence-corrected chi connectivity index (χ1v) is 7.05. The molecule has 1 atom stereocenters. The molecule has 0 aromatic carbocycles. The third-order valence-electron chi connectivity index (χ3n) is 3.42. The maximum absolute atomic E-state index is 12.1. The molecule has 0 aromatic rings. The molecule has 0 radical (unpaired) electrons. The number of carbonyl (C=O) groups is 2. The predicted molar refractivity (Wildman–Crippen MR) is 74.8 cm³/mol. The molecule has 1 aliphatic heterocycles. The Bertz CT molecular complexity index is 325. The Kier molecular flexibility index (Phi) is 7.32. The number of hydrogen-bond acceptors (Lipinski definition) is 4. The van der Waals surface area contributed by atoms with Crippen LogP contribution in [0.2, 0.25) is 0 Å². The van der Waals surface area contributed by atoms with Gasteiger partial charge < -0.3 is 20.1 Å².